The van der Waals surface area contributed by atoms with Crippen LogP contribution in [-0.4, -0.2) is 36.4 Å². The molecule has 2 bridgehead atoms. The molecule has 7 heteroatoms. The van der Waals surface area contributed by atoms with Crippen LogP contribution in [0.4, 0.5) is 5.69 Å². The van der Waals surface area contributed by atoms with Crippen LogP contribution in [0.5, 0.6) is 5.75 Å². The molecule has 2 aromatic carbocycles. The predicted molar refractivity (Wildman–Crippen MR) is 130 cm³/mol. The quantitative estimate of drug-likeness (QED) is 0.432. The zero-order valence-corrected chi connectivity index (χ0v) is 20.6. The molecule has 2 aromatic rings. The zero-order chi connectivity index (χ0) is 23.7. The van der Waals surface area contributed by atoms with Crippen molar-refractivity contribution < 1.29 is 19.1 Å². The first-order valence-electron chi connectivity index (χ1n) is 11.6. The molecule has 6 atom stereocenters. The number of methoxy groups -OCH3 is 1. The number of aryl methyl sites for hydroxylation is 1. The van der Waals surface area contributed by atoms with Crippen molar-refractivity contribution in [3.8, 4) is 5.75 Å². The van der Waals surface area contributed by atoms with Crippen LogP contribution in [0.1, 0.15) is 22.3 Å². The predicted octanol–water partition coefficient (Wildman–Crippen LogP) is 4.42. The lowest BCUT2D eigenvalue weighted by molar-refractivity contribution is -0.140. The number of likely N-dealkylation sites (tertiary alicyclic amines) is 1. The zero-order valence-electron chi connectivity index (χ0n) is 19.0. The van der Waals surface area contributed by atoms with Crippen LogP contribution in [0.15, 0.2) is 59.1 Å². The minimum Gasteiger partial charge on any atom is -0.497 e. The Kier molecular flexibility index (Phi) is 4.96. The summed E-state index contributed by atoms with van der Waals surface area (Å²) >= 11 is 3.48. The van der Waals surface area contributed by atoms with E-state index in [4.69, 9.17) is 4.74 Å². The van der Waals surface area contributed by atoms with Crippen LogP contribution in [0, 0.1) is 42.4 Å². The van der Waals surface area contributed by atoms with E-state index in [1.807, 2.05) is 25.1 Å². The fraction of sp³-hybridized carbons (Fsp3) is 0.370. The molecule has 1 saturated heterocycles. The Hall–Kier alpha value is -2.93. The minimum atomic E-state index is -0.288. The first-order valence-corrected chi connectivity index (χ1v) is 12.4. The Morgan fingerprint density at radius 3 is 2.35 bits per heavy atom. The Morgan fingerprint density at radius 1 is 1.06 bits per heavy atom. The number of imide groups is 1. The van der Waals surface area contributed by atoms with Crippen LogP contribution < -0.4 is 9.64 Å². The summed E-state index contributed by atoms with van der Waals surface area (Å²) in [7, 11) is 1.55. The Morgan fingerprint density at radius 2 is 1.74 bits per heavy atom. The highest BCUT2D eigenvalue weighted by atomic mass is 79.9. The molecule has 2 saturated carbocycles. The van der Waals surface area contributed by atoms with Gasteiger partial charge in [0.25, 0.3) is 5.91 Å². The number of hydrogen-bond donors (Lipinski definition) is 0. The molecular formula is C27H25BrN2O4. The highest BCUT2D eigenvalue weighted by molar-refractivity contribution is 9.10. The molecule has 5 aliphatic rings. The van der Waals surface area contributed by atoms with Gasteiger partial charge >= 0.3 is 0 Å². The van der Waals surface area contributed by atoms with Gasteiger partial charge in [-0.25, -0.2) is 0 Å². The third-order valence-electron chi connectivity index (χ3n) is 8.05. The summed E-state index contributed by atoms with van der Waals surface area (Å²) in [6.45, 7) is 1.81. The SMILES string of the molecule is COc1cccc(C(=O)N(CN2C(=O)C3C4C=CC(C5CC45)C3C2=O)c2ccc(Br)cc2C)c1. The molecule has 0 radical (unpaired) electrons. The van der Waals surface area contributed by atoms with Gasteiger partial charge < -0.3 is 4.74 Å². The number of carbonyl (C=O) groups is 3. The van der Waals surface area contributed by atoms with E-state index in [0.717, 1.165) is 16.5 Å². The molecule has 174 valence electrons. The van der Waals surface area contributed by atoms with E-state index in [-0.39, 0.29) is 48.1 Å². The number of hydrogen-bond acceptors (Lipinski definition) is 4. The van der Waals surface area contributed by atoms with Crippen molar-refractivity contribution in [2.24, 2.45) is 35.5 Å². The number of carbonyl (C=O) groups excluding carboxylic acids is 3. The summed E-state index contributed by atoms with van der Waals surface area (Å²) in [5.74, 6) is 0.806. The van der Waals surface area contributed by atoms with E-state index in [2.05, 4.69) is 28.1 Å². The number of ether oxygens (including phenoxy) is 1. The molecule has 34 heavy (non-hydrogen) atoms. The molecule has 0 N–H and O–H groups in total. The van der Waals surface area contributed by atoms with Gasteiger partial charge in [0.1, 0.15) is 12.4 Å². The molecule has 6 unspecified atom stereocenters. The van der Waals surface area contributed by atoms with Gasteiger partial charge in [0.15, 0.2) is 0 Å². The molecule has 1 aliphatic heterocycles. The van der Waals surface area contributed by atoms with E-state index in [1.54, 1.807) is 36.3 Å². The van der Waals surface area contributed by atoms with Crippen LogP contribution in [0.3, 0.4) is 0 Å². The van der Waals surface area contributed by atoms with E-state index >= 15 is 0 Å². The van der Waals surface area contributed by atoms with Crippen molar-refractivity contribution in [1.29, 1.82) is 0 Å². The first kappa shape index (κ1) is 21.6. The molecular weight excluding hydrogens is 496 g/mol. The average molecular weight is 521 g/mol. The Balaban J connectivity index is 1.36. The maximum Gasteiger partial charge on any atom is 0.259 e. The standard InChI is InChI=1S/C27H25BrN2O4/c1-14-10-16(28)6-9-22(14)29(25(31)15-4-3-5-17(11-15)34-2)13-30-26(32)23-18-7-8-19(21-12-20(18)21)24(23)27(30)33/h3-11,18-21,23-24H,12-13H2,1-2H3. The van der Waals surface area contributed by atoms with Crippen molar-refractivity contribution in [3.63, 3.8) is 0 Å². The van der Waals surface area contributed by atoms with Crippen molar-refractivity contribution in [3.05, 3.63) is 70.2 Å². The number of halogens is 1. The van der Waals surface area contributed by atoms with Crippen molar-refractivity contribution in [2.45, 2.75) is 13.3 Å². The van der Waals surface area contributed by atoms with Gasteiger partial charge in [-0.1, -0.05) is 34.1 Å². The Labute approximate surface area is 206 Å². The van der Waals surface area contributed by atoms with Crippen molar-refractivity contribution in [1.82, 2.24) is 4.90 Å². The van der Waals surface area contributed by atoms with Crippen LogP contribution >= 0.6 is 15.9 Å². The fourth-order valence-corrected chi connectivity index (χ4v) is 6.86. The molecule has 0 aromatic heterocycles. The average Bonchev–Trinajstić information content (AvgIpc) is 3.63. The molecule has 3 amide bonds. The van der Waals surface area contributed by atoms with E-state index < -0.39 is 0 Å². The second-order valence-corrected chi connectivity index (χ2v) is 10.7. The van der Waals surface area contributed by atoms with E-state index in [1.165, 1.54) is 4.90 Å². The fourth-order valence-electron chi connectivity index (χ4n) is 6.38. The van der Waals surface area contributed by atoms with E-state index in [0.29, 0.717) is 28.8 Å². The lowest BCUT2D eigenvalue weighted by atomic mass is 9.63. The van der Waals surface area contributed by atoms with Gasteiger partial charge in [-0.05, 0) is 79.0 Å². The topological polar surface area (TPSA) is 66.9 Å². The highest BCUT2D eigenvalue weighted by Crippen LogP contribution is 2.65. The van der Waals surface area contributed by atoms with Gasteiger partial charge in [-0.15, -0.1) is 0 Å². The number of anilines is 1. The monoisotopic (exact) mass is 520 g/mol. The second-order valence-electron chi connectivity index (χ2n) is 9.80. The highest BCUT2D eigenvalue weighted by Gasteiger charge is 2.67. The lowest BCUT2D eigenvalue weighted by Gasteiger charge is -2.37. The van der Waals surface area contributed by atoms with Crippen LogP contribution in [0.2, 0.25) is 0 Å². The largest absolute Gasteiger partial charge is 0.497 e. The van der Waals surface area contributed by atoms with E-state index in [9.17, 15) is 14.4 Å². The molecule has 6 nitrogen and oxygen atoms in total. The number of amides is 3. The number of nitrogens with zero attached hydrogens (tertiary/aromatic N) is 2. The first-order chi connectivity index (χ1) is 16.4. The number of benzene rings is 2. The molecule has 0 spiro atoms. The summed E-state index contributed by atoms with van der Waals surface area (Å²) < 4.78 is 6.20. The third-order valence-corrected chi connectivity index (χ3v) is 8.54. The maximum atomic E-state index is 13.8. The van der Waals surface area contributed by atoms with Crippen molar-refractivity contribution in [2.75, 3.05) is 18.7 Å². The van der Waals surface area contributed by atoms with Crippen molar-refractivity contribution >= 4 is 39.3 Å². The summed E-state index contributed by atoms with van der Waals surface area (Å²) in [5.41, 5.74) is 1.96. The lowest BCUT2D eigenvalue weighted by Crippen LogP contribution is -2.45. The summed E-state index contributed by atoms with van der Waals surface area (Å²) in [6.07, 6.45) is 5.44. The second kappa shape index (κ2) is 7.80. The maximum absolute atomic E-state index is 13.8. The van der Waals surface area contributed by atoms with Gasteiger partial charge in [-0.3, -0.25) is 24.2 Å². The van der Waals surface area contributed by atoms with Gasteiger partial charge in [-0.2, -0.15) is 0 Å². The summed E-state index contributed by atoms with van der Waals surface area (Å²) in [4.78, 5) is 43.8. The normalized spacial score (nSPS) is 30.3. The van der Waals surface area contributed by atoms with Crippen LogP contribution in [-0.2, 0) is 9.59 Å². The van der Waals surface area contributed by atoms with Gasteiger partial charge in [0.05, 0.1) is 18.9 Å². The smallest absolute Gasteiger partial charge is 0.259 e. The minimum absolute atomic E-state index is 0.0993. The Bertz CT molecular complexity index is 1220. The molecule has 3 fully saturated rings. The van der Waals surface area contributed by atoms with Crippen LogP contribution in [0.25, 0.3) is 0 Å². The summed E-state index contributed by atoms with van der Waals surface area (Å²) in [5, 5.41) is 0. The molecule has 1 heterocycles. The van der Waals surface area contributed by atoms with Gasteiger partial charge in [0, 0.05) is 15.7 Å². The van der Waals surface area contributed by atoms with Gasteiger partial charge in [0.2, 0.25) is 11.8 Å². The third kappa shape index (κ3) is 3.17. The molecule has 7 rings (SSSR count). The number of allylic oxidation sites excluding steroid dienone is 2. The summed E-state index contributed by atoms with van der Waals surface area (Å²) in [6, 6.07) is 12.6. The number of rotatable bonds is 5. The molecule has 4 aliphatic carbocycles.